The van der Waals surface area contributed by atoms with Crippen LogP contribution in [0.1, 0.15) is 29.8 Å². The first kappa shape index (κ1) is 19.2. The number of imide groups is 1. The monoisotopic (exact) mass is 383 g/mol. The van der Waals surface area contributed by atoms with Crippen molar-refractivity contribution in [3.63, 3.8) is 0 Å². The van der Waals surface area contributed by atoms with E-state index in [9.17, 15) is 14.4 Å². The van der Waals surface area contributed by atoms with Gasteiger partial charge in [0, 0.05) is 5.56 Å². The fraction of sp³-hybridized carbons (Fsp3) is 0.250. The predicted molar refractivity (Wildman–Crippen MR) is 101 cm³/mol. The van der Waals surface area contributed by atoms with E-state index in [4.69, 9.17) is 9.47 Å². The maximum absolute atomic E-state index is 12.9. The number of hydrogen-bond acceptors (Lipinski definition) is 5. The van der Waals surface area contributed by atoms with Crippen molar-refractivity contribution in [2.75, 3.05) is 13.7 Å². The van der Waals surface area contributed by atoms with Crippen LogP contribution in [0.3, 0.4) is 0 Å². The van der Waals surface area contributed by atoms with E-state index in [0.717, 1.165) is 0 Å². The van der Waals surface area contributed by atoms with Crippen LogP contribution in [0.2, 0.25) is 0 Å². The summed E-state index contributed by atoms with van der Waals surface area (Å²) in [4.78, 5) is 37.8. The number of carbonyl (C=O) groups excluding carboxylic acids is 3. The lowest BCUT2D eigenvalue weighted by molar-refractivity contribution is -0.132. The van der Waals surface area contributed by atoms with Gasteiger partial charge in [0.2, 0.25) is 0 Å². The van der Waals surface area contributed by atoms with Gasteiger partial charge < -0.3 is 14.8 Å². The summed E-state index contributed by atoms with van der Waals surface area (Å²) in [6.07, 6.45) is 0. The Morgan fingerprint density at radius 3 is 2.50 bits per heavy atom. The fourth-order valence-corrected chi connectivity index (χ4v) is 2.96. The Bertz CT molecular complexity index is 915. The number of amides is 4. The van der Waals surface area contributed by atoms with Gasteiger partial charge in [-0.3, -0.25) is 15.0 Å². The van der Waals surface area contributed by atoms with Gasteiger partial charge in [-0.1, -0.05) is 30.3 Å². The highest BCUT2D eigenvalue weighted by molar-refractivity contribution is 6.09. The van der Waals surface area contributed by atoms with Crippen LogP contribution in [-0.4, -0.2) is 36.6 Å². The third kappa shape index (κ3) is 3.36. The molecule has 1 aliphatic heterocycles. The first-order chi connectivity index (χ1) is 13.4. The Kier molecular flexibility index (Phi) is 5.21. The number of hydrazine groups is 1. The van der Waals surface area contributed by atoms with Crippen LogP contribution in [-0.2, 0) is 10.3 Å². The summed E-state index contributed by atoms with van der Waals surface area (Å²) in [5, 5.41) is 3.33. The molecular weight excluding hydrogens is 362 g/mol. The SMILES string of the molecule is CCOc1cc(C(=O)NN2C(=O)NC(C)(c3ccccc3)C2=O)ccc1OC. The average molecular weight is 383 g/mol. The lowest BCUT2D eigenvalue weighted by Crippen LogP contribution is -2.47. The molecule has 0 aliphatic carbocycles. The van der Waals surface area contributed by atoms with Crippen LogP contribution in [0, 0.1) is 0 Å². The molecule has 1 heterocycles. The molecule has 1 aliphatic rings. The number of nitrogens with zero attached hydrogens (tertiary/aromatic N) is 1. The van der Waals surface area contributed by atoms with E-state index in [1.54, 1.807) is 37.3 Å². The number of methoxy groups -OCH3 is 1. The highest BCUT2D eigenvalue weighted by Crippen LogP contribution is 2.29. The number of nitrogens with one attached hydrogen (secondary N) is 2. The van der Waals surface area contributed by atoms with Gasteiger partial charge in [-0.2, -0.15) is 5.01 Å². The highest BCUT2D eigenvalue weighted by Gasteiger charge is 2.50. The summed E-state index contributed by atoms with van der Waals surface area (Å²) in [5.74, 6) is -0.325. The second-order valence-corrected chi connectivity index (χ2v) is 6.30. The number of rotatable bonds is 6. The van der Waals surface area contributed by atoms with E-state index in [1.165, 1.54) is 19.2 Å². The molecule has 2 aromatic carbocycles. The first-order valence-electron chi connectivity index (χ1n) is 8.74. The Labute approximate surface area is 162 Å². The standard InChI is InChI=1S/C20H21N3O5/c1-4-28-16-12-13(10-11-15(16)27-3)17(24)22-23-18(25)20(2,21-19(23)26)14-8-6-5-7-9-14/h5-12H,4H2,1-3H3,(H,21,26)(H,22,24). The van der Waals surface area contributed by atoms with Gasteiger partial charge >= 0.3 is 6.03 Å². The van der Waals surface area contributed by atoms with Gasteiger partial charge in [-0.15, -0.1) is 0 Å². The van der Waals surface area contributed by atoms with Crippen molar-refractivity contribution in [3.05, 3.63) is 59.7 Å². The minimum Gasteiger partial charge on any atom is -0.493 e. The topological polar surface area (TPSA) is 97.0 Å². The molecule has 146 valence electrons. The number of benzene rings is 2. The minimum atomic E-state index is -1.26. The molecule has 28 heavy (non-hydrogen) atoms. The van der Waals surface area contributed by atoms with Gasteiger partial charge in [0.1, 0.15) is 5.54 Å². The lowest BCUT2D eigenvalue weighted by Gasteiger charge is -2.22. The lowest BCUT2D eigenvalue weighted by atomic mass is 9.92. The third-order valence-electron chi connectivity index (χ3n) is 4.48. The second kappa shape index (κ2) is 7.59. The molecule has 0 saturated carbocycles. The molecule has 1 unspecified atom stereocenters. The van der Waals surface area contributed by atoms with Crippen LogP contribution >= 0.6 is 0 Å². The molecule has 1 atom stereocenters. The third-order valence-corrected chi connectivity index (χ3v) is 4.48. The summed E-state index contributed by atoms with van der Waals surface area (Å²) in [6.45, 7) is 3.79. The predicted octanol–water partition coefficient (Wildman–Crippen LogP) is 2.21. The minimum absolute atomic E-state index is 0.221. The van der Waals surface area contributed by atoms with E-state index >= 15 is 0 Å². The molecule has 0 bridgehead atoms. The smallest absolute Gasteiger partial charge is 0.344 e. The molecule has 2 aromatic rings. The summed E-state index contributed by atoms with van der Waals surface area (Å²) >= 11 is 0. The molecule has 3 rings (SSSR count). The molecular formula is C20H21N3O5. The molecule has 8 nitrogen and oxygen atoms in total. The Hall–Kier alpha value is -3.55. The highest BCUT2D eigenvalue weighted by atomic mass is 16.5. The number of carbonyl (C=O) groups is 3. The Morgan fingerprint density at radius 1 is 1.14 bits per heavy atom. The second-order valence-electron chi connectivity index (χ2n) is 6.30. The molecule has 0 radical (unpaired) electrons. The first-order valence-corrected chi connectivity index (χ1v) is 8.74. The number of hydrogen-bond donors (Lipinski definition) is 2. The molecule has 1 fully saturated rings. The van der Waals surface area contributed by atoms with Crippen LogP contribution in [0.25, 0.3) is 0 Å². The zero-order valence-electron chi connectivity index (χ0n) is 15.8. The van der Waals surface area contributed by atoms with Crippen LogP contribution in [0.4, 0.5) is 4.79 Å². The van der Waals surface area contributed by atoms with Crippen molar-refractivity contribution in [2.45, 2.75) is 19.4 Å². The average Bonchev–Trinajstić information content (AvgIpc) is 2.93. The van der Waals surface area contributed by atoms with Gasteiger partial charge in [0.15, 0.2) is 11.5 Å². The zero-order chi connectivity index (χ0) is 20.3. The Morgan fingerprint density at radius 2 is 1.86 bits per heavy atom. The number of urea groups is 1. The van der Waals surface area contributed by atoms with E-state index < -0.39 is 23.4 Å². The molecule has 0 aromatic heterocycles. The van der Waals surface area contributed by atoms with E-state index in [-0.39, 0.29) is 5.56 Å². The molecule has 1 saturated heterocycles. The van der Waals surface area contributed by atoms with Crippen molar-refractivity contribution in [2.24, 2.45) is 0 Å². The summed E-state index contributed by atoms with van der Waals surface area (Å²) < 4.78 is 10.6. The van der Waals surface area contributed by atoms with E-state index in [2.05, 4.69) is 10.7 Å². The molecule has 0 spiro atoms. The van der Waals surface area contributed by atoms with Crippen molar-refractivity contribution >= 4 is 17.8 Å². The fourth-order valence-electron chi connectivity index (χ4n) is 2.96. The summed E-state index contributed by atoms with van der Waals surface area (Å²) in [6, 6.07) is 12.7. The van der Waals surface area contributed by atoms with Crippen LogP contribution in [0.5, 0.6) is 11.5 Å². The van der Waals surface area contributed by atoms with Crippen molar-refractivity contribution < 1.29 is 23.9 Å². The van der Waals surface area contributed by atoms with Gasteiger partial charge in [0.05, 0.1) is 13.7 Å². The number of ether oxygens (including phenoxy) is 2. The summed E-state index contributed by atoms with van der Waals surface area (Å²) in [7, 11) is 1.50. The van der Waals surface area contributed by atoms with Gasteiger partial charge in [0.25, 0.3) is 11.8 Å². The largest absolute Gasteiger partial charge is 0.493 e. The Balaban J connectivity index is 1.82. The normalized spacial score (nSPS) is 18.6. The van der Waals surface area contributed by atoms with Crippen molar-refractivity contribution in [3.8, 4) is 11.5 Å². The molecule has 2 N–H and O–H groups in total. The zero-order valence-corrected chi connectivity index (χ0v) is 15.8. The maximum atomic E-state index is 12.9. The van der Waals surface area contributed by atoms with Crippen molar-refractivity contribution in [1.29, 1.82) is 0 Å². The van der Waals surface area contributed by atoms with Gasteiger partial charge in [-0.05, 0) is 37.6 Å². The van der Waals surface area contributed by atoms with E-state index in [0.29, 0.717) is 28.7 Å². The van der Waals surface area contributed by atoms with Crippen molar-refractivity contribution in [1.82, 2.24) is 15.8 Å². The summed E-state index contributed by atoms with van der Waals surface area (Å²) in [5.41, 5.74) is 1.94. The van der Waals surface area contributed by atoms with E-state index in [1.807, 2.05) is 13.0 Å². The van der Waals surface area contributed by atoms with Crippen LogP contribution in [0.15, 0.2) is 48.5 Å². The van der Waals surface area contributed by atoms with Crippen LogP contribution < -0.4 is 20.2 Å². The maximum Gasteiger partial charge on any atom is 0.344 e. The quantitative estimate of drug-likeness (QED) is 0.746. The van der Waals surface area contributed by atoms with Gasteiger partial charge in [-0.25, -0.2) is 4.79 Å². The molecule has 4 amide bonds. The molecule has 8 heteroatoms.